The number of esters is 1. The summed E-state index contributed by atoms with van der Waals surface area (Å²) in [5, 5.41) is 2.49. The largest absolute Gasteiger partial charge is 0.493 e. The van der Waals surface area contributed by atoms with Crippen LogP contribution in [0.15, 0.2) is 24.3 Å². The monoisotopic (exact) mass is 362 g/mol. The van der Waals surface area contributed by atoms with Crippen molar-refractivity contribution in [2.45, 2.75) is 26.7 Å². The average Bonchev–Trinajstić information content (AvgIpc) is 2.65. The standard InChI is InChI=1S/C19H26N2O5/c1-3-25-16-7-5-4-6-15(16)19(24)20-12-18(23)26-13-17(22)21-10-8-14(2)9-11-21/h4-7,14H,3,8-13H2,1-2H3,(H,20,24). The fourth-order valence-electron chi connectivity index (χ4n) is 2.73. The van der Waals surface area contributed by atoms with Crippen LogP contribution in [0.4, 0.5) is 0 Å². The summed E-state index contributed by atoms with van der Waals surface area (Å²) in [5.74, 6) is -0.196. The fourth-order valence-corrected chi connectivity index (χ4v) is 2.73. The van der Waals surface area contributed by atoms with E-state index in [-0.39, 0.29) is 19.1 Å². The predicted molar refractivity (Wildman–Crippen MR) is 95.9 cm³/mol. The lowest BCUT2D eigenvalue weighted by Gasteiger charge is -2.30. The number of likely N-dealkylation sites (tertiary alicyclic amines) is 1. The highest BCUT2D eigenvalue weighted by atomic mass is 16.5. The van der Waals surface area contributed by atoms with Gasteiger partial charge in [-0.05, 0) is 37.8 Å². The van der Waals surface area contributed by atoms with Gasteiger partial charge in [0, 0.05) is 13.1 Å². The number of carbonyl (C=O) groups excluding carboxylic acids is 3. The van der Waals surface area contributed by atoms with Crippen LogP contribution in [0.2, 0.25) is 0 Å². The van der Waals surface area contributed by atoms with Gasteiger partial charge in [-0.25, -0.2) is 0 Å². The van der Waals surface area contributed by atoms with Crippen LogP contribution in [-0.4, -0.2) is 55.5 Å². The van der Waals surface area contributed by atoms with Gasteiger partial charge in [-0.1, -0.05) is 19.1 Å². The highest BCUT2D eigenvalue weighted by Gasteiger charge is 2.21. The maximum atomic E-state index is 12.2. The molecule has 1 aromatic carbocycles. The minimum absolute atomic E-state index is 0.196. The normalized spacial score (nSPS) is 14.6. The van der Waals surface area contributed by atoms with Gasteiger partial charge >= 0.3 is 5.97 Å². The van der Waals surface area contributed by atoms with Crippen molar-refractivity contribution in [2.24, 2.45) is 5.92 Å². The van der Waals surface area contributed by atoms with Crippen molar-refractivity contribution in [1.29, 1.82) is 0 Å². The number of benzene rings is 1. The molecule has 1 aliphatic rings. The second-order valence-electron chi connectivity index (χ2n) is 6.34. The summed E-state index contributed by atoms with van der Waals surface area (Å²) in [4.78, 5) is 37.7. The molecule has 1 aromatic rings. The van der Waals surface area contributed by atoms with Crippen molar-refractivity contribution in [3.05, 3.63) is 29.8 Å². The molecule has 26 heavy (non-hydrogen) atoms. The maximum Gasteiger partial charge on any atom is 0.325 e. The Morgan fingerprint density at radius 1 is 1.19 bits per heavy atom. The van der Waals surface area contributed by atoms with Crippen LogP contribution in [0.1, 0.15) is 37.0 Å². The zero-order valence-corrected chi connectivity index (χ0v) is 15.3. The molecule has 1 fully saturated rings. The summed E-state index contributed by atoms with van der Waals surface area (Å²) in [6.07, 6.45) is 1.93. The fraction of sp³-hybridized carbons (Fsp3) is 0.526. The zero-order chi connectivity index (χ0) is 18.9. The summed E-state index contributed by atoms with van der Waals surface area (Å²) < 4.78 is 10.4. The number of hydrogen-bond acceptors (Lipinski definition) is 5. The first-order chi connectivity index (χ1) is 12.5. The first-order valence-corrected chi connectivity index (χ1v) is 8.94. The molecule has 1 N–H and O–H groups in total. The predicted octanol–water partition coefficient (Wildman–Crippen LogP) is 1.62. The van der Waals surface area contributed by atoms with E-state index in [1.165, 1.54) is 0 Å². The lowest BCUT2D eigenvalue weighted by Crippen LogP contribution is -2.41. The highest BCUT2D eigenvalue weighted by Crippen LogP contribution is 2.17. The van der Waals surface area contributed by atoms with Crippen LogP contribution in [0.3, 0.4) is 0 Å². The van der Waals surface area contributed by atoms with E-state index < -0.39 is 11.9 Å². The van der Waals surface area contributed by atoms with Gasteiger partial charge in [0.05, 0.1) is 12.2 Å². The van der Waals surface area contributed by atoms with E-state index in [1.807, 2.05) is 6.92 Å². The maximum absolute atomic E-state index is 12.2. The Morgan fingerprint density at radius 3 is 2.58 bits per heavy atom. The molecule has 0 aromatic heterocycles. The molecule has 7 nitrogen and oxygen atoms in total. The van der Waals surface area contributed by atoms with Gasteiger partial charge in [0.25, 0.3) is 11.8 Å². The smallest absolute Gasteiger partial charge is 0.325 e. The Morgan fingerprint density at radius 2 is 1.88 bits per heavy atom. The Kier molecular flexibility index (Phi) is 7.44. The third kappa shape index (κ3) is 5.75. The molecular weight excluding hydrogens is 336 g/mol. The molecule has 0 spiro atoms. The minimum atomic E-state index is -0.647. The average molecular weight is 362 g/mol. The summed E-state index contributed by atoms with van der Waals surface area (Å²) in [7, 11) is 0. The molecule has 0 saturated carbocycles. The number of para-hydroxylation sites is 1. The summed E-state index contributed by atoms with van der Waals surface area (Å²) in [6.45, 7) is 5.22. The first kappa shape index (κ1) is 19.8. The van der Waals surface area contributed by atoms with E-state index in [0.29, 0.717) is 36.9 Å². The molecule has 0 unspecified atom stereocenters. The van der Waals surface area contributed by atoms with E-state index in [4.69, 9.17) is 9.47 Å². The van der Waals surface area contributed by atoms with Gasteiger partial charge < -0.3 is 19.7 Å². The van der Waals surface area contributed by atoms with E-state index in [9.17, 15) is 14.4 Å². The number of carbonyl (C=O) groups is 3. The number of rotatable bonds is 7. The molecule has 1 saturated heterocycles. The second kappa shape index (κ2) is 9.79. The Balaban J connectivity index is 1.75. The SMILES string of the molecule is CCOc1ccccc1C(=O)NCC(=O)OCC(=O)N1CCC(C)CC1. The van der Waals surface area contributed by atoms with E-state index in [0.717, 1.165) is 12.8 Å². The van der Waals surface area contributed by atoms with Gasteiger partial charge in [-0.3, -0.25) is 14.4 Å². The first-order valence-electron chi connectivity index (χ1n) is 8.94. The van der Waals surface area contributed by atoms with Crippen molar-refractivity contribution < 1.29 is 23.9 Å². The number of ether oxygens (including phenoxy) is 2. The lowest BCUT2D eigenvalue weighted by molar-refractivity contribution is -0.151. The van der Waals surface area contributed by atoms with Crippen LogP contribution in [0, 0.1) is 5.92 Å². The molecule has 2 rings (SSSR count). The highest BCUT2D eigenvalue weighted by molar-refractivity contribution is 5.98. The van der Waals surface area contributed by atoms with Gasteiger partial charge in [0.15, 0.2) is 6.61 Å². The molecular formula is C19H26N2O5. The van der Waals surface area contributed by atoms with Gasteiger partial charge in [-0.15, -0.1) is 0 Å². The molecule has 1 aliphatic heterocycles. The lowest BCUT2D eigenvalue weighted by atomic mass is 9.99. The molecule has 0 aliphatic carbocycles. The molecule has 0 atom stereocenters. The second-order valence-corrected chi connectivity index (χ2v) is 6.34. The summed E-state index contributed by atoms with van der Waals surface area (Å²) in [6, 6.07) is 6.79. The summed E-state index contributed by atoms with van der Waals surface area (Å²) in [5.41, 5.74) is 0.348. The topological polar surface area (TPSA) is 84.9 Å². The van der Waals surface area contributed by atoms with E-state index >= 15 is 0 Å². The molecule has 142 valence electrons. The number of nitrogens with zero attached hydrogens (tertiary/aromatic N) is 1. The van der Waals surface area contributed by atoms with Crippen LogP contribution < -0.4 is 10.1 Å². The Bertz CT molecular complexity index is 639. The summed E-state index contributed by atoms with van der Waals surface area (Å²) >= 11 is 0. The van der Waals surface area contributed by atoms with Crippen LogP contribution >= 0.6 is 0 Å². The number of amides is 2. The molecule has 1 heterocycles. The van der Waals surface area contributed by atoms with Crippen LogP contribution in [0.25, 0.3) is 0 Å². The van der Waals surface area contributed by atoms with Crippen LogP contribution in [-0.2, 0) is 14.3 Å². The molecule has 0 bridgehead atoms. The third-order valence-electron chi connectivity index (χ3n) is 4.32. The quantitative estimate of drug-likeness (QED) is 0.745. The Hall–Kier alpha value is -2.57. The number of piperidine rings is 1. The van der Waals surface area contributed by atoms with Gasteiger partial charge in [-0.2, -0.15) is 0 Å². The van der Waals surface area contributed by atoms with Crippen molar-refractivity contribution >= 4 is 17.8 Å². The Labute approximate surface area is 153 Å². The third-order valence-corrected chi connectivity index (χ3v) is 4.32. The zero-order valence-electron chi connectivity index (χ0n) is 15.3. The van der Waals surface area contributed by atoms with Crippen molar-refractivity contribution in [1.82, 2.24) is 10.2 Å². The van der Waals surface area contributed by atoms with Crippen molar-refractivity contribution in [3.63, 3.8) is 0 Å². The van der Waals surface area contributed by atoms with Crippen molar-refractivity contribution in [2.75, 3.05) is 32.8 Å². The van der Waals surface area contributed by atoms with Crippen LogP contribution in [0.5, 0.6) is 5.75 Å². The number of nitrogens with one attached hydrogen (secondary N) is 1. The van der Waals surface area contributed by atoms with E-state index in [1.54, 1.807) is 29.2 Å². The van der Waals surface area contributed by atoms with Gasteiger partial charge in [0.2, 0.25) is 0 Å². The molecule has 7 heteroatoms. The minimum Gasteiger partial charge on any atom is -0.493 e. The molecule has 2 amide bonds. The number of hydrogen-bond donors (Lipinski definition) is 1. The van der Waals surface area contributed by atoms with Crippen molar-refractivity contribution in [3.8, 4) is 5.75 Å². The van der Waals surface area contributed by atoms with Gasteiger partial charge in [0.1, 0.15) is 12.3 Å². The van der Waals surface area contributed by atoms with E-state index in [2.05, 4.69) is 12.2 Å². The molecule has 0 radical (unpaired) electrons.